The quantitative estimate of drug-likeness (QED) is 0.694. The molecular weight excluding hydrogens is 166 g/mol. The summed E-state index contributed by atoms with van der Waals surface area (Å²) < 4.78 is 0. The molecule has 0 saturated carbocycles. The molecule has 0 bridgehead atoms. The van der Waals surface area contributed by atoms with E-state index in [0.29, 0.717) is 11.8 Å². The average molecular weight is 177 g/mol. The second-order valence-corrected chi connectivity index (χ2v) is 3.20. The van der Waals surface area contributed by atoms with E-state index >= 15 is 0 Å². The summed E-state index contributed by atoms with van der Waals surface area (Å²) in [5, 5.41) is 9.40. The van der Waals surface area contributed by atoms with Gasteiger partial charge in [-0.15, -0.1) is 0 Å². The first-order chi connectivity index (χ1) is 6.31. The maximum absolute atomic E-state index is 10.4. The van der Waals surface area contributed by atoms with E-state index in [1.807, 2.05) is 6.07 Å². The van der Waals surface area contributed by atoms with Crippen LogP contribution in [-0.2, 0) is 0 Å². The fourth-order valence-corrected chi connectivity index (χ4v) is 1.40. The van der Waals surface area contributed by atoms with E-state index in [1.54, 1.807) is 12.1 Å². The van der Waals surface area contributed by atoms with Crippen molar-refractivity contribution in [2.75, 3.05) is 18.0 Å². The van der Waals surface area contributed by atoms with Crippen molar-refractivity contribution < 1.29 is 9.90 Å². The summed E-state index contributed by atoms with van der Waals surface area (Å²) >= 11 is 0. The third-order valence-electron chi connectivity index (χ3n) is 2.36. The number of aldehydes is 1. The van der Waals surface area contributed by atoms with E-state index in [-0.39, 0.29) is 5.75 Å². The Morgan fingerprint density at radius 1 is 1.38 bits per heavy atom. The molecule has 68 valence electrons. The van der Waals surface area contributed by atoms with Crippen molar-refractivity contribution in [2.24, 2.45) is 0 Å². The van der Waals surface area contributed by atoms with Crippen molar-refractivity contribution in [3.05, 3.63) is 23.8 Å². The molecule has 0 atom stereocenters. The van der Waals surface area contributed by atoms with Gasteiger partial charge in [0, 0.05) is 24.8 Å². The van der Waals surface area contributed by atoms with Gasteiger partial charge in [-0.2, -0.15) is 0 Å². The molecule has 1 aliphatic heterocycles. The molecule has 13 heavy (non-hydrogen) atoms. The summed E-state index contributed by atoms with van der Waals surface area (Å²) in [6.07, 6.45) is 1.87. The van der Waals surface area contributed by atoms with Gasteiger partial charge < -0.3 is 10.0 Å². The standard InChI is InChI=1S/C10H11NO2/c12-7-8-2-3-9(6-10(8)13)11-4-1-5-11/h2-3,6-7,13H,1,4-5H2. The molecule has 2 rings (SSSR count). The molecule has 1 aromatic rings. The molecule has 0 aliphatic carbocycles. The molecule has 1 N–H and O–H groups in total. The Bertz CT molecular complexity index is 332. The molecule has 1 aromatic carbocycles. The second-order valence-electron chi connectivity index (χ2n) is 3.20. The molecule has 0 spiro atoms. The van der Waals surface area contributed by atoms with Crippen LogP contribution in [0.15, 0.2) is 18.2 Å². The SMILES string of the molecule is O=Cc1ccc(N2CCC2)cc1O. The summed E-state index contributed by atoms with van der Waals surface area (Å²) in [4.78, 5) is 12.6. The van der Waals surface area contributed by atoms with Gasteiger partial charge in [-0.05, 0) is 18.6 Å². The summed E-state index contributed by atoms with van der Waals surface area (Å²) in [6.45, 7) is 2.08. The lowest BCUT2D eigenvalue weighted by Gasteiger charge is -2.33. The van der Waals surface area contributed by atoms with E-state index < -0.39 is 0 Å². The fourth-order valence-electron chi connectivity index (χ4n) is 1.40. The molecular formula is C10H11NO2. The van der Waals surface area contributed by atoms with Gasteiger partial charge in [0.2, 0.25) is 0 Å². The third-order valence-corrected chi connectivity index (χ3v) is 2.36. The van der Waals surface area contributed by atoms with Crippen LogP contribution in [0.25, 0.3) is 0 Å². The Morgan fingerprint density at radius 2 is 2.15 bits per heavy atom. The molecule has 1 saturated heterocycles. The minimum Gasteiger partial charge on any atom is -0.507 e. The van der Waals surface area contributed by atoms with Gasteiger partial charge in [0.05, 0.1) is 5.56 Å². The lowest BCUT2D eigenvalue weighted by molar-refractivity contribution is 0.112. The van der Waals surface area contributed by atoms with Crippen LogP contribution in [-0.4, -0.2) is 24.5 Å². The van der Waals surface area contributed by atoms with Gasteiger partial charge in [0.25, 0.3) is 0 Å². The van der Waals surface area contributed by atoms with Crippen molar-refractivity contribution in [1.29, 1.82) is 0 Å². The highest BCUT2D eigenvalue weighted by Crippen LogP contribution is 2.26. The number of nitrogens with zero attached hydrogens (tertiary/aromatic N) is 1. The molecule has 3 heteroatoms. The first-order valence-electron chi connectivity index (χ1n) is 4.34. The lowest BCUT2D eigenvalue weighted by Crippen LogP contribution is -2.36. The number of anilines is 1. The number of hydrogen-bond acceptors (Lipinski definition) is 3. The maximum Gasteiger partial charge on any atom is 0.153 e. The Kier molecular flexibility index (Phi) is 1.93. The number of benzene rings is 1. The van der Waals surface area contributed by atoms with Crippen LogP contribution in [0.4, 0.5) is 5.69 Å². The number of phenolic OH excluding ortho intramolecular Hbond substituents is 1. The molecule has 0 unspecified atom stereocenters. The van der Waals surface area contributed by atoms with Gasteiger partial charge >= 0.3 is 0 Å². The molecule has 0 amide bonds. The van der Waals surface area contributed by atoms with Gasteiger partial charge in [0.1, 0.15) is 5.75 Å². The molecule has 0 aromatic heterocycles. The summed E-state index contributed by atoms with van der Waals surface area (Å²) in [6, 6.07) is 5.15. The van der Waals surface area contributed by atoms with Crippen LogP contribution in [0.3, 0.4) is 0 Å². The first-order valence-corrected chi connectivity index (χ1v) is 4.34. The number of phenols is 1. The predicted molar refractivity (Wildman–Crippen MR) is 50.3 cm³/mol. The minimum atomic E-state index is 0.0689. The number of aromatic hydroxyl groups is 1. The summed E-state index contributed by atoms with van der Waals surface area (Å²) in [5.74, 6) is 0.0689. The number of hydrogen-bond donors (Lipinski definition) is 1. The summed E-state index contributed by atoms with van der Waals surface area (Å²) in [7, 11) is 0. The number of rotatable bonds is 2. The average Bonchev–Trinajstić information content (AvgIpc) is 2.01. The van der Waals surface area contributed by atoms with Crippen LogP contribution in [0, 0.1) is 0 Å². The van der Waals surface area contributed by atoms with Crippen LogP contribution in [0.2, 0.25) is 0 Å². The van der Waals surface area contributed by atoms with Gasteiger partial charge in [0.15, 0.2) is 6.29 Å². The smallest absolute Gasteiger partial charge is 0.153 e. The zero-order valence-electron chi connectivity index (χ0n) is 7.23. The zero-order valence-corrected chi connectivity index (χ0v) is 7.23. The fraction of sp³-hybridized carbons (Fsp3) is 0.300. The highest BCUT2D eigenvalue weighted by Gasteiger charge is 2.15. The van der Waals surface area contributed by atoms with Gasteiger partial charge in [-0.1, -0.05) is 0 Å². The van der Waals surface area contributed by atoms with E-state index in [9.17, 15) is 9.90 Å². The topological polar surface area (TPSA) is 40.5 Å². The lowest BCUT2D eigenvalue weighted by atomic mass is 10.1. The van der Waals surface area contributed by atoms with E-state index in [1.165, 1.54) is 6.42 Å². The maximum atomic E-state index is 10.4. The highest BCUT2D eigenvalue weighted by molar-refractivity contribution is 5.80. The Morgan fingerprint density at radius 3 is 2.62 bits per heavy atom. The van der Waals surface area contributed by atoms with Crippen molar-refractivity contribution in [3.8, 4) is 5.75 Å². The molecule has 1 aliphatic rings. The second kappa shape index (κ2) is 3.09. The minimum absolute atomic E-state index is 0.0689. The monoisotopic (exact) mass is 177 g/mol. The Labute approximate surface area is 76.6 Å². The first kappa shape index (κ1) is 8.10. The van der Waals surface area contributed by atoms with E-state index in [2.05, 4.69) is 4.90 Å². The van der Waals surface area contributed by atoms with Crippen molar-refractivity contribution in [3.63, 3.8) is 0 Å². The van der Waals surface area contributed by atoms with Crippen LogP contribution < -0.4 is 4.90 Å². The van der Waals surface area contributed by atoms with Crippen molar-refractivity contribution >= 4 is 12.0 Å². The third kappa shape index (κ3) is 1.37. The zero-order chi connectivity index (χ0) is 9.26. The molecule has 1 heterocycles. The predicted octanol–water partition coefficient (Wildman–Crippen LogP) is 1.41. The van der Waals surface area contributed by atoms with Crippen LogP contribution in [0.5, 0.6) is 5.75 Å². The highest BCUT2D eigenvalue weighted by atomic mass is 16.3. The number of carbonyl (C=O) groups excluding carboxylic acids is 1. The van der Waals surface area contributed by atoms with Crippen LogP contribution in [0.1, 0.15) is 16.8 Å². The van der Waals surface area contributed by atoms with Gasteiger partial charge in [-0.25, -0.2) is 0 Å². The summed E-state index contributed by atoms with van der Waals surface area (Å²) in [5.41, 5.74) is 1.35. The molecule has 3 nitrogen and oxygen atoms in total. The van der Waals surface area contributed by atoms with E-state index in [4.69, 9.17) is 0 Å². The molecule has 1 fully saturated rings. The van der Waals surface area contributed by atoms with Gasteiger partial charge in [-0.3, -0.25) is 4.79 Å². The largest absolute Gasteiger partial charge is 0.507 e. The van der Waals surface area contributed by atoms with Crippen molar-refractivity contribution in [1.82, 2.24) is 0 Å². The van der Waals surface area contributed by atoms with E-state index in [0.717, 1.165) is 18.8 Å². The van der Waals surface area contributed by atoms with Crippen molar-refractivity contribution in [2.45, 2.75) is 6.42 Å². The van der Waals surface area contributed by atoms with Crippen LogP contribution >= 0.6 is 0 Å². The number of carbonyl (C=O) groups is 1. The normalized spacial score (nSPS) is 15.2. The Hall–Kier alpha value is -1.51. The Balaban J connectivity index is 2.29. The molecule has 0 radical (unpaired) electrons.